The lowest BCUT2D eigenvalue weighted by Gasteiger charge is -2.24. The fourth-order valence-corrected chi connectivity index (χ4v) is 5.12. The zero-order valence-electron chi connectivity index (χ0n) is 24.9. The fraction of sp³-hybridized carbons (Fsp3) is 0.303. The topological polar surface area (TPSA) is 119 Å². The minimum atomic E-state index is -0.380. The molecule has 2 aromatic carbocycles. The Balaban J connectivity index is 1.24. The van der Waals surface area contributed by atoms with Crippen molar-refractivity contribution in [2.75, 3.05) is 22.6 Å². The van der Waals surface area contributed by atoms with Gasteiger partial charge in [-0.25, -0.2) is 24.4 Å². The molecule has 1 unspecified atom stereocenters. The van der Waals surface area contributed by atoms with Gasteiger partial charge in [0.05, 0.1) is 23.8 Å². The minimum Gasteiger partial charge on any atom is -0.359 e. The molecule has 43 heavy (non-hydrogen) atoms. The number of anilines is 3. The molecule has 220 valence electrons. The van der Waals surface area contributed by atoms with Gasteiger partial charge in [-0.15, -0.1) is 0 Å². The third kappa shape index (κ3) is 6.34. The van der Waals surface area contributed by atoms with Crippen molar-refractivity contribution in [3.8, 4) is 16.8 Å². The van der Waals surface area contributed by atoms with E-state index in [1.165, 1.54) is 0 Å². The molecule has 5 aromatic rings. The second-order valence-electron chi connectivity index (χ2n) is 11.8. The van der Waals surface area contributed by atoms with Gasteiger partial charge in [-0.05, 0) is 55.3 Å². The summed E-state index contributed by atoms with van der Waals surface area (Å²) >= 11 is 0. The number of amides is 2. The average molecular weight is 577 g/mol. The van der Waals surface area contributed by atoms with Crippen LogP contribution in [0.5, 0.6) is 0 Å². The number of urea groups is 1. The summed E-state index contributed by atoms with van der Waals surface area (Å²) in [6.07, 6.45) is 8.51. The van der Waals surface area contributed by atoms with Crippen LogP contribution >= 0.6 is 0 Å². The van der Waals surface area contributed by atoms with Crippen LogP contribution in [-0.4, -0.2) is 43.6 Å². The number of benzene rings is 2. The van der Waals surface area contributed by atoms with Crippen molar-refractivity contribution in [3.63, 3.8) is 0 Å². The van der Waals surface area contributed by atoms with E-state index >= 15 is 0 Å². The number of aromatic nitrogens is 5. The third-order valence-corrected chi connectivity index (χ3v) is 7.47. The van der Waals surface area contributed by atoms with Gasteiger partial charge in [-0.2, -0.15) is 5.10 Å². The number of hydrogen-bond donors (Lipinski definition) is 3. The Morgan fingerprint density at radius 2 is 1.72 bits per heavy atom. The summed E-state index contributed by atoms with van der Waals surface area (Å²) in [6, 6.07) is 17.5. The summed E-state index contributed by atoms with van der Waals surface area (Å²) in [5.74, 6) is 1.97. The van der Waals surface area contributed by atoms with Gasteiger partial charge in [-0.3, -0.25) is 5.32 Å². The molecule has 2 amide bonds. The largest absolute Gasteiger partial charge is 0.359 e. The van der Waals surface area contributed by atoms with Crippen molar-refractivity contribution >= 4 is 34.1 Å². The molecular formula is C33H36N8O2. The van der Waals surface area contributed by atoms with Crippen molar-refractivity contribution in [2.24, 2.45) is 0 Å². The SMILES string of the molecule is Cc1ncc(-n2nc(C(C)(C)C)cc2NC(=O)Nc2ccc(-c3ccc(NC4CCCCO4)nc3)c3ccccc23)cn1. The van der Waals surface area contributed by atoms with E-state index in [9.17, 15) is 4.79 Å². The maximum atomic E-state index is 13.4. The normalized spacial score (nSPS) is 15.3. The van der Waals surface area contributed by atoms with Gasteiger partial charge < -0.3 is 15.4 Å². The minimum absolute atomic E-state index is 0.00773. The summed E-state index contributed by atoms with van der Waals surface area (Å²) in [6.45, 7) is 8.84. The first-order valence-corrected chi connectivity index (χ1v) is 14.6. The van der Waals surface area contributed by atoms with E-state index < -0.39 is 0 Å². The zero-order chi connectivity index (χ0) is 30.0. The van der Waals surface area contributed by atoms with Gasteiger partial charge >= 0.3 is 6.03 Å². The molecular weight excluding hydrogens is 540 g/mol. The van der Waals surface area contributed by atoms with E-state index in [0.29, 0.717) is 23.0 Å². The lowest BCUT2D eigenvalue weighted by molar-refractivity contribution is 0.0341. The summed E-state index contributed by atoms with van der Waals surface area (Å²) in [4.78, 5) is 26.6. The van der Waals surface area contributed by atoms with Crippen molar-refractivity contribution in [1.82, 2.24) is 24.7 Å². The highest BCUT2D eigenvalue weighted by Gasteiger charge is 2.22. The van der Waals surface area contributed by atoms with E-state index in [1.807, 2.05) is 55.6 Å². The molecule has 0 bridgehead atoms. The Hall–Kier alpha value is -4.83. The van der Waals surface area contributed by atoms with Gasteiger partial charge in [-0.1, -0.05) is 51.1 Å². The standard InChI is InChI=1S/C33H36N8O2/c1-21-34-19-23(20-35-21)41-30(17-28(40-41)33(2,3)4)39-32(42)37-27-14-13-24(25-9-5-6-10-26(25)27)22-12-15-29(36-18-22)38-31-11-7-8-16-43-31/h5-6,9-10,12-15,17-20,31H,7-8,11,16H2,1-4H3,(H,36,38)(H2,37,39,42). The van der Waals surface area contributed by atoms with E-state index in [0.717, 1.165) is 59.3 Å². The maximum Gasteiger partial charge on any atom is 0.324 e. The molecule has 0 spiro atoms. The number of carbonyl (C=O) groups excluding carboxylic acids is 1. The lowest BCUT2D eigenvalue weighted by Crippen LogP contribution is -2.27. The molecule has 1 saturated heterocycles. The lowest BCUT2D eigenvalue weighted by atomic mass is 9.92. The summed E-state index contributed by atoms with van der Waals surface area (Å²) in [7, 11) is 0. The Labute approximate surface area is 250 Å². The molecule has 1 atom stereocenters. The van der Waals surface area contributed by atoms with Crippen LogP contribution in [0.4, 0.5) is 22.1 Å². The molecule has 0 aliphatic carbocycles. The summed E-state index contributed by atoms with van der Waals surface area (Å²) in [5.41, 5.74) is 3.98. The number of nitrogens with zero attached hydrogens (tertiary/aromatic N) is 5. The molecule has 3 aromatic heterocycles. The number of pyridine rings is 1. The van der Waals surface area contributed by atoms with Crippen LogP contribution in [-0.2, 0) is 10.2 Å². The molecule has 1 aliphatic heterocycles. The Kier molecular flexibility index (Phi) is 7.77. The molecule has 3 N–H and O–H groups in total. The van der Waals surface area contributed by atoms with Crippen molar-refractivity contribution in [1.29, 1.82) is 0 Å². The van der Waals surface area contributed by atoms with Gasteiger partial charge in [0.1, 0.15) is 29.4 Å². The first-order chi connectivity index (χ1) is 20.7. The van der Waals surface area contributed by atoms with Crippen molar-refractivity contribution < 1.29 is 9.53 Å². The molecule has 1 fully saturated rings. The highest BCUT2D eigenvalue weighted by atomic mass is 16.5. The number of fused-ring (bicyclic) bond motifs is 1. The van der Waals surface area contributed by atoms with Gasteiger partial charge in [0.15, 0.2) is 0 Å². The van der Waals surface area contributed by atoms with Crippen LogP contribution in [0.25, 0.3) is 27.6 Å². The van der Waals surface area contributed by atoms with Crippen LogP contribution in [0.1, 0.15) is 51.6 Å². The van der Waals surface area contributed by atoms with E-state index in [-0.39, 0.29) is 17.7 Å². The zero-order valence-corrected chi connectivity index (χ0v) is 24.9. The number of aryl methyl sites for hydroxylation is 1. The smallest absolute Gasteiger partial charge is 0.324 e. The molecule has 4 heterocycles. The van der Waals surface area contributed by atoms with E-state index in [4.69, 9.17) is 9.84 Å². The number of rotatable bonds is 6. The van der Waals surface area contributed by atoms with Gasteiger partial charge in [0, 0.05) is 35.2 Å². The van der Waals surface area contributed by atoms with Crippen molar-refractivity contribution in [2.45, 2.75) is 58.6 Å². The van der Waals surface area contributed by atoms with Gasteiger partial charge in [0.25, 0.3) is 0 Å². The second kappa shape index (κ2) is 11.8. The summed E-state index contributed by atoms with van der Waals surface area (Å²) < 4.78 is 7.44. The first kappa shape index (κ1) is 28.3. The quantitative estimate of drug-likeness (QED) is 0.198. The molecule has 0 radical (unpaired) electrons. The molecule has 10 heteroatoms. The predicted molar refractivity (Wildman–Crippen MR) is 170 cm³/mol. The Bertz CT molecular complexity index is 1730. The van der Waals surface area contributed by atoms with Gasteiger partial charge in [0.2, 0.25) is 0 Å². The van der Waals surface area contributed by atoms with Crippen molar-refractivity contribution in [3.05, 3.63) is 84.7 Å². The predicted octanol–water partition coefficient (Wildman–Crippen LogP) is 7.07. The van der Waals surface area contributed by atoms with E-state index in [2.05, 4.69) is 63.8 Å². The van der Waals surface area contributed by atoms with Crippen LogP contribution < -0.4 is 16.0 Å². The number of nitrogens with one attached hydrogen (secondary N) is 3. The van der Waals surface area contributed by atoms with E-state index in [1.54, 1.807) is 17.1 Å². The average Bonchev–Trinajstić information content (AvgIpc) is 3.43. The third-order valence-electron chi connectivity index (χ3n) is 7.47. The second-order valence-corrected chi connectivity index (χ2v) is 11.8. The monoisotopic (exact) mass is 576 g/mol. The molecule has 1 aliphatic rings. The van der Waals surface area contributed by atoms with Crippen LogP contribution in [0.2, 0.25) is 0 Å². The first-order valence-electron chi connectivity index (χ1n) is 14.6. The molecule has 6 rings (SSSR count). The van der Waals surface area contributed by atoms with Crippen LogP contribution in [0.3, 0.4) is 0 Å². The Morgan fingerprint density at radius 3 is 2.42 bits per heavy atom. The van der Waals surface area contributed by atoms with Crippen LogP contribution in [0.15, 0.2) is 73.2 Å². The van der Waals surface area contributed by atoms with Crippen LogP contribution in [0, 0.1) is 6.92 Å². The summed E-state index contributed by atoms with van der Waals surface area (Å²) in [5, 5.41) is 16.1. The molecule has 0 saturated carbocycles. The molecule has 10 nitrogen and oxygen atoms in total. The number of hydrogen-bond acceptors (Lipinski definition) is 7. The Morgan fingerprint density at radius 1 is 0.930 bits per heavy atom. The number of ether oxygens (including phenoxy) is 1. The highest BCUT2D eigenvalue weighted by Crippen LogP contribution is 2.34. The number of carbonyl (C=O) groups is 1. The highest BCUT2D eigenvalue weighted by molar-refractivity contribution is 6.09. The maximum absolute atomic E-state index is 13.4. The fourth-order valence-electron chi connectivity index (χ4n) is 5.12.